The first-order valence-corrected chi connectivity index (χ1v) is 8.11. The third-order valence-electron chi connectivity index (χ3n) is 3.14. The van der Waals surface area contributed by atoms with E-state index in [0.717, 1.165) is 35.0 Å². The van der Waals surface area contributed by atoms with Gasteiger partial charge in [-0.15, -0.1) is 23.1 Å². The van der Waals surface area contributed by atoms with Gasteiger partial charge in [0.2, 0.25) is 0 Å². The number of nitrogens with zero attached hydrogens (tertiary/aromatic N) is 2. The SMILES string of the molecule is CCSc1ccc(C(=O)N2CCc3nc[nH]c3C2)s1. The second-order valence-electron chi connectivity index (χ2n) is 4.36. The van der Waals surface area contributed by atoms with Gasteiger partial charge in [-0.3, -0.25) is 4.79 Å². The average molecular weight is 293 g/mol. The standard InChI is InChI=1S/C13H15N3OS2/c1-2-18-12-4-3-11(19-12)13(17)16-6-5-9-10(7-16)15-8-14-9/h3-4,8H,2,5-7H2,1H3,(H,14,15). The van der Waals surface area contributed by atoms with Crippen molar-refractivity contribution in [1.82, 2.24) is 14.9 Å². The summed E-state index contributed by atoms with van der Waals surface area (Å²) in [5, 5.41) is 0. The van der Waals surface area contributed by atoms with Gasteiger partial charge in [0.15, 0.2) is 0 Å². The van der Waals surface area contributed by atoms with E-state index in [1.165, 1.54) is 4.21 Å². The van der Waals surface area contributed by atoms with Crippen LogP contribution in [-0.2, 0) is 13.0 Å². The number of fused-ring (bicyclic) bond motifs is 1. The van der Waals surface area contributed by atoms with Gasteiger partial charge in [0.05, 0.1) is 33.3 Å². The molecule has 100 valence electrons. The molecular weight excluding hydrogens is 278 g/mol. The molecule has 2 aromatic rings. The highest BCUT2D eigenvalue weighted by molar-refractivity contribution is 8.01. The predicted molar refractivity (Wildman–Crippen MR) is 77.7 cm³/mol. The van der Waals surface area contributed by atoms with Gasteiger partial charge in [-0.25, -0.2) is 4.98 Å². The van der Waals surface area contributed by atoms with E-state index in [0.29, 0.717) is 6.54 Å². The van der Waals surface area contributed by atoms with Crippen LogP contribution in [0.1, 0.15) is 28.0 Å². The summed E-state index contributed by atoms with van der Waals surface area (Å²) in [6.07, 6.45) is 2.55. The number of thioether (sulfide) groups is 1. The Hall–Kier alpha value is -1.27. The summed E-state index contributed by atoms with van der Waals surface area (Å²) >= 11 is 3.37. The van der Waals surface area contributed by atoms with E-state index in [-0.39, 0.29) is 5.91 Å². The Bertz CT molecular complexity index is 590. The maximum Gasteiger partial charge on any atom is 0.264 e. The molecule has 4 nitrogen and oxygen atoms in total. The van der Waals surface area contributed by atoms with Crippen molar-refractivity contribution < 1.29 is 4.79 Å². The minimum absolute atomic E-state index is 0.133. The second-order valence-corrected chi connectivity index (χ2v) is 7.00. The number of amides is 1. The van der Waals surface area contributed by atoms with Crippen LogP contribution in [0.15, 0.2) is 22.7 Å². The molecule has 0 aromatic carbocycles. The van der Waals surface area contributed by atoms with Crippen LogP contribution in [0.3, 0.4) is 0 Å². The van der Waals surface area contributed by atoms with E-state index in [9.17, 15) is 4.79 Å². The zero-order chi connectivity index (χ0) is 13.2. The van der Waals surface area contributed by atoms with Crippen molar-refractivity contribution >= 4 is 29.0 Å². The van der Waals surface area contributed by atoms with Crippen molar-refractivity contribution in [3.8, 4) is 0 Å². The van der Waals surface area contributed by atoms with Crippen LogP contribution in [0.4, 0.5) is 0 Å². The van der Waals surface area contributed by atoms with Crippen molar-refractivity contribution in [3.63, 3.8) is 0 Å². The highest BCUT2D eigenvalue weighted by Crippen LogP contribution is 2.28. The summed E-state index contributed by atoms with van der Waals surface area (Å²) < 4.78 is 1.21. The Morgan fingerprint density at radius 3 is 3.32 bits per heavy atom. The van der Waals surface area contributed by atoms with Crippen LogP contribution < -0.4 is 0 Å². The molecule has 1 aliphatic rings. The molecule has 6 heteroatoms. The first-order chi connectivity index (χ1) is 9.28. The van der Waals surface area contributed by atoms with E-state index < -0.39 is 0 Å². The molecule has 2 aromatic heterocycles. The molecule has 0 spiro atoms. The topological polar surface area (TPSA) is 49.0 Å². The van der Waals surface area contributed by atoms with Crippen LogP contribution in [0.2, 0.25) is 0 Å². The first-order valence-electron chi connectivity index (χ1n) is 6.31. The number of rotatable bonds is 3. The molecule has 0 fully saturated rings. The van der Waals surface area contributed by atoms with Crippen molar-refractivity contribution in [1.29, 1.82) is 0 Å². The molecule has 0 saturated carbocycles. The van der Waals surface area contributed by atoms with Crippen molar-refractivity contribution in [2.45, 2.75) is 24.1 Å². The molecule has 0 radical (unpaired) electrons. The van der Waals surface area contributed by atoms with Gasteiger partial charge in [-0.2, -0.15) is 0 Å². The van der Waals surface area contributed by atoms with Crippen LogP contribution >= 0.6 is 23.1 Å². The van der Waals surface area contributed by atoms with Gasteiger partial charge in [-0.05, 0) is 17.9 Å². The molecule has 3 heterocycles. The van der Waals surface area contributed by atoms with Crippen molar-refractivity contribution in [3.05, 3.63) is 34.7 Å². The third-order valence-corrected chi connectivity index (χ3v) is 5.32. The minimum Gasteiger partial charge on any atom is -0.347 e. The zero-order valence-electron chi connectivity index (χ0n) is 10.7. The lowest BCUT2D eigenvalue weighted by Crippen LogP contribution is -2.35. The predicted octanol–water partition coefficient (Wildman–Crippen LogP) is 2.78. The number of nitrogens with one attached hydrogen (secondary N) is 1. The van der Waals surface area contributed by atoms with Crippen molar-refractivity contribution in [2.75, 3.05) is 12.3 Å². The third kappa shape index (κ3) is 2.55. The fourth-order valence-corrected chi connectivity index (χ4v) is 4.21. The molecule has 3 rings (SSSR count). The Morgan fingerprint density at radius 1 is 1.58 bits per heavy atom. The Labute approximate surface area is 120 Å². The Balaban J connectivity index is 1.74. The number of hydrogen-bond acceptors (Lipinski definition) is 4. The van der Waals surface area contributed by atoms with Gasteiger partial charge in [0.25, 0.3) is 5.91 Å². The van der Waals surface area contributed by atoms with Gasteiger partial charge in [0, 0.05) is 13.0 Å². The first kappa shape index (κ1) is 12.7. The van der Waals surface area contributed by atoms with Crippen LogP contribution in [-0.4, -0.2) is 33.1 Å². The number of H-pyrrole nitrogens is 1. The lowest BCUT2D eigenvalue weighted by atomic mass is 10.1. The lowest BCUT2D eigenvalue weighted by Gasteiger charge is -2.25. The fourth-order valence-electron chi connectivity index (χ4n) is 2.20. The van der Waals surface area contributed by atoms with E-state index in [1.54, 1.807) is 29.4 Å². The van der Waals surface area contributed by atoms with Gasteiger partial charge >= 0.3 is 0 Å². The average Bonchev–Trinajstić information content (AvgIpc) is 3.05. The highest BCUT2D eigenvalue weighted by Gasteiger charge is 2.24. The quantitative estimate of drug-likeness (QED) is 0.885. The minimum atomic E-state index is 0.133. The number of aromatic nitrogens is 2. The fraction of sp³-hybridized carbons (Fsp3) is 0.385. The van der Waals surface area contributed by atoms with Gasteiger partial charge in [-0.1, -0.05) is 6.92 Å². The smallest absolute Gasteiger partial charge is 0.264 e. The van der Waals surface area contributed by atoms with Crippen molar-refractivity contribution in [2.24, 2.45) is 0 Å². The van der Waals surface area contributed by atoms with Gasteiger partial charge < -0.3 is 9.88 Å². The Kier molecular flexibility index (Phi) is 3.61. The molecule has 0 saturated heterocycles. The highest BCUT2D eigenvalue weighted by atomic mass is 32.2. The van der Waals surface area contributed by atoms with E-state index in [4.69, 9.17) is 0 Å². The summed E-state index contributed by atoms with van der Waals surface area (Å²) in [5.74, 6) is 1.17. The van der Waals surface area contributed by atoms with E-state index in [1.807, 2.05) is 17.0 Å². The van der Waals surface area contributed by atoms with Crippen LogP contribution in [0.5, 0.6) is 0 Å². The van der Waals surface area contributed by atoms with Crippen LogP contribution in [0.25, 0.3) is 0 Å². The molecule has 1 N–H and O–H groups in total. The number of imidazole rings is 1. The van der Waals surface area contributed by atoms with E-state index >= 15 is 0 Å². The van der Waals surface area contributed by atoms with Gasteiger partial charge in [0.1, 0.15) is 0 Å². The molecule has 0 unspecified atom stereocenters. The summed E-state index contributed by atoms with van der Waals surface area (Å²) in [6.45, 7) is 3.52. The summed E-state index contributed by atoms with van der Waals surface area (Å²) in [4.78, 5) is 22.5. The molecule has 1 amide bonds. The molecule has 19 heavy (non-hydrogen) atoms. The molecule has 1 aliphatic heterocycles. The van der Waals surface area contributed by atoms with E-state index in [2.05, 4.69) is 16.9 Å². The summed E-state index contributed by atoms with van der Waals surface area (Å²) in [7, 11) is 0. The monoisotopic (exact) mass is 293 g/mol. The number of carbonyl (C=O) groups excluding carboxylic acids is 1. The molecular formula is C13H15N3OS2. The molecule has 0 bridgehead atoms. The number of thiophene rings is 1. The molecule has 0 atom stereocenters. The normalized spacial score (nSPS) is 14.5. The summed E-state index contributed by atoms with van der Waals surface area (Å²) in [6, 6.07) is 3.98. The second kappa shape index (κ2) is 5.38. The number of aromatic amines is 1. The lowest BCUT2D eigenvalue weighted by molar-refractivity contribution is 0.0737. The zero-order valence-corrected chi connectivity index (χ0v) is 12.3. The number of hydrogen-bond donors (Lipinski definition) is 1. The molecule has 0 aliphatic carbocycles. The number of carbonyl (C=O) groups is 1. The maximum atomic E-state index is 12.4. The largest absolute Gasteiger partial charge is 0.347 e. The maximum absolute atomic E-state index is 12.4. The van der Waals surface area contributed by atoms with Crippen LogP contribution in [0, 0.1) is 0 Å². The Morgan fingerprint density at radius 2 is 2.47 bits per heavy atom. The summed E-state index contributed by atoms with van der Waals surface area (Å²) in [5.41, 5.74) is 2.16.